The van der Waals surface area contributed by atoms with Crippen molar-refractivity contribution in [3.05, 3.63) is 40.9 Å². The number of nitrogens with zero attached hydrogens (tertiary/aromatic N) is 3. The lowest BCUT2D eigenvalue weighted by atomic mass is 10.0. The first kappa shape index (κ1) is 17.8. The second-order valence-electron chi connectivity index (χ2n) is 5.88. The zero-order valence-electron chi connectivity index (χ0n) is 13.2. The quantitative estimate of drug-likeness (QED) is 0.756. The van der Waals surface area contributed by atoms with Gasteiger partial charge in [0, 0.05) is 12.5 Å². The molecule has 1 fully saturated rings. The number of alkyl halides is 2. The number of halogens is 3. The van der Waals surface area contributed by atoms with Crippen LogP contribution in [0.3, 0.4) is 0 Å². The summed E-state index contributed by atoms with van der Waals surface area (Å²) < 4.78 is 32.2. The number of carbonyl (C=O) groups is 1. The minimum absolute atomic E-state index is 0.0611. The fourth-order valence-corrected chi connectivity index (χ4v) is 2.58. The van der Waals surface area contributed by atoms with E-state index < -0.39 is 18.3 Å². The van der Waals surface area contributed by atoms with Gasteiger partial charge in [-0.2, -0.15) is 5.10 Å². The van der Waals surface area contributed by atoms with Crippen molar-refractivity contribution >= 4 is 17.6 Å². The van der Waals surface area contributed by atoms with E-state index in [0.29, 0.717) is 12.0 Å². The van der Waals surface area contributed by atoms with Crippen LogP contribution in [0.5, 0.6) is 0 Å². The Hall–Kier alpha value is -2.06. The van der Waals surface area contributed by atoms with Gasteiger partial charge in [0.2, 0.25) is 0 Å². The summed E-state index contributed by atoms with van der Waals surface area (Å²) >= 11 is 6.11. The molecule has 1 aliphatic rings. The summed E-state index contributed by atoms with van der Waals surface area (Å²) in [6.45, 7) is 0. The Labute approximate surface area is 147 Å². The van der Waals surface area contributed by atoms with E-state index in [-0.39, 0.29) is 29.2 Å². The van der Waals surface area contributed by atoms with Crippen LogP contribution in [0, 0.1) is 0 Å². The lowest BCUT2D eigenvalue weighted by molar-refractivity contribution is -0.145. The number of ether oxygens (including phenoxy) is 1. The molecule has 0 amide bonds. The molecule has 0 unspecified atom stereocenters. The second-order valence-corrected chi connectivity index (χ2v) is 6.28. The Kier molecular flexibility index (Phi) is 5.29. The van der Waals surface area contributed by atoms with Crippen LogP contribution in [0.4, 0.5) is 8.78 Å². The Morgan fingerprint density at radius 3 is 2.88 bits per heavy atom. The number of esters is 1. The highest BCUT2D eigenvalue weighted by atomic mass is 35.5. The molecular weight excluding hydrogens is 354 g/mol. The zero-order valence-corrected chi connectivity index (χ0v) is 14.0. The molecule has 2 aromatic rings. The van der Waals surface area contributed by atoms with Crippen molar-refractivity contribution in [2.45, 2.75) is 44.3 Å². The van der Waals surface area contributed by atoms with E-state index >= 15 is 0 Å². The molecule has 25 heavy (non-hydrogen) atoms. The number of rotatable bonds is 7. The molecule has 6 nitrogen and oxygen atoms in total. The maximum absolute atomic E-state index is 13.0. The molecule has 0 aliphatic heterocycles. The molecule has 9 heteroatoms. The van der Waals surface area contributed by atoms with Gasteiger partial charge < -0.3 is 10.5 Å². The first-order valence-electron chi connectivity index (χ1n) is 7.88. The smallest absolute Gasteiger partial charge is 0.306 e. The number of benzene rings is 1. The minimum Gasteiger partial charge on any atom is -0.462 e. The van der Waals surface area contributed by atoms with E-state index in [9.17, 15) is 13.6 Å². The molecule has 1 aromatic heterocycles. The Morgan fingerprint density at radius 2 is 2.20 bits per heavy atom. The number of carbonyl (C=O) groups excluding carboxylic acids is 1. The lowest BCUT2D eigenvalue weighted by Gasteiger charge is -2.15. The number of hydrogen-bond donors (Lipinski definition) is 1. The summed E-state index contributed by atoms with van der Waals surface area (Å²) in [6, 6.07) is 4.38. The molecular formula is C16H17ClF2N4O2. The summed E-state index contributed by atoms with van der Waals surface area (Å²) in [5, 5.41) is 4.06. The van der Waals surface area contributed by atoms with Gasteiger partial charge in [0.15, 0.2) is 5.82 Å². The predicted molar refractivity (Wildman–Crippen MR) is 86.6 cm³/mol. The van der Waals surface area contributed by atoms with E-state index in [1.807, 2.05) is 0 Å². The molecule has 1 saturated carbocycles. The summed E-state index contributed by atoms with van der Waals surface area (Å²) in [4.78, 5) is 15.2. The predicted octanol–water partition coefficient (Wildman–Crippen LogP) is 3.34. The third-order valence-electron chi connectivity index (χ3n) is 3.88. The molecule has 1 aliphatic carbocycles. The van der Waals surface area contributed by atoms with Crippen LogP contribution < -0.4 is 5.73 Å². The van der Waals surface area contributed by atoms with Gasteiger partial charge >= 0.3 is 5.97 Å². The molecule has 2 N–H and O–H groups in total. The average molecular weight is 371 g/mol. The first-order valence-corrected chi connectivity index (χ1v) is 8.26. The molecule has 1 heterocycles. The number of aromatic nitrogens is 3. The van der Waals surface area contributed by atoms with Gasteiger partial charge in [-0.1, -0.05) is 17.7 Å². The molecule has 1 aromatic carbocycles. The standard InChI is InChI=1S/C16H17ClF2N4O2/c17-11-4-1-9(12(20)5-6-14(24)25-10-2-3-10)7-13(11)23-16(15(18)19)21-8-22-23/h1,4,7-8,10,12,15H,2-3,5-6,20H2/t12-/m1/s1. The maximum Gasteiger partial charge on any atom is 0.306 e. The van der Waals surface area contributed by atoms with Gasteiger partial charge in [-0.3, -0.25) is 4.79 Å². The third-order valence-corrected chi connectivity index (χ3v) is 4.20. The third kappa shape index (κ3) is 4.32. The van der Waals surface area contributed by atoms with Crippen molar-refractivity contribution in [3.63, 3.8) is 0 Å². The van der Waals surface area contributed by atoms with Crippen molar-refractivity contribution < 1.29 is 18.3 Å². The molecule has 0 saturated heterocycles. The van der Waals surface area contributed by atoms with E-state index in [1.54, 1.807) is 18.2 Å². The molecule has 0 spiro atoms. The van der Waals surface area contributed by atoms with Gasteiger partial charge in [0.1, 0.15) is 12.4 Å². The van der Waals surface area contributed by atoms with Crippen LogP contribution in [0.15, 0.2) is 24.5 Å². The molecule has 0 bridgehead atoms. The van der Waals surface area contributed by atoms with Crippen molar-refractivity contribution in [2.75, 3.05) is 0 Å². The van der Waals surface area contributed by atoms with Crippen LogP contribution in [0.1, 0.15) is 49.5 Å². The summed E-state index contributed by atoms with van der Waals surface area (Å²) in [7, 11) is 0. The highest BCUT2D eigenvalue weighted by molar-refractivity contribution is 6.32. The SMILES string of the molecule is N[C@H](CCC(=O)OC1CC1)c1ccc(Cl)c(-n2ncnc2C(F)F)c1. The Bertz CT molecular complexity index is 764. The van der Waals surface area contributed by atoms with Crippen LogP contribution in [0.25, 0.3) is 5.69 Å². The van der Waals surface area contributed by atoms with Crippen molar-refractivity contribution in [1.82, 2.24) is 14.8 Å². The van der Waals surface area contributed by atoms with Crippen molar-refractivity contribution in [1.29, 1.82) is 0 Å². The topological polar surface area (TPSA) is 83.0 Å². The van der Waals surface area contributed by atoms with E-state index in [1.165, 1.54) is 0 Å². The van der Waals surface area contributed by atoms with Gasteiger partial charge in [-0.25, -0.2) is 18.4 Å². The zero-order chi connectivity index (χ0) is 18.0. The average Bonchev–Trinajstić information content (AvgIpc) is 3.24. The fourth-order valence-electron chi connectivity index (χ4n) is 2.38. The number of nitrogens with two attached hydrogens (primary N) is 1. The number of hydrogen-bond acceptors (Lipinski definition) is 5. The van der Waals surface area contributed by atoms with Crippen LogP contribution in [-0.4, -0.2) is 26.8 Å². The molecule has 1 atom stereocenters. The fraction of sp³-hybridized carbons (Fsp3) is 0.438. The first-order chi connectivity index (χ1) is 12.0. The van der Waals surface area contributed by atoms with Gasteiger partial charge in [0.25, 0.3) is 6.43 Å². The highest BCUT2D eigenvalue weighted by Gasteiger charge is 2.26. The van der Waals surface area contributed by atoms with Gasteiger partial charge in [-0.05, 0) is 37.0 Å². The largest absolute Gasteiger partial charge is 0.462 e. The normalized spacial score (nSPS) is 15.4. The molecule has 0 radical (unpaired) electrons. The Morgan fingerprint density at radius 1 is 1.44 bits per heavy atom. The van der Waals surface area contributed by atoms with Crippen molar-refractivity contribution in [3.8, 4) is 5.69 Å². The lowest BCUT2D eigenvalue weighted by Crippen LogP contribution is -2.15. The van der Waals surface area contributed by atoms with E-state index in [0.717, 1.165) is 23.9 Å². The summed E-state index contributed by atoms with van der Waals surface area (Å²) in [5.41, 5.74) is 7.04. The second kappa shape index (κ2) is 7.45. The van der Waals surface area contributed by atoms with Crippen LogP contribution in [-0.2, 0) is 9.53 Å². The summed E-state index contributed by atoms with van der Waals surface area (Å²) in [6.07, 6.45) is 0.732. The Balaban J connectivity index is 1.74. The summed E-state index contributed by atoms with van der Waals surface area (Å²) in [5.74, 6) is -0.774. The van der Waals surface area contributed by atoms with Gasteiger partial charge in [0.05, 0.1) is 10.7 Å². The van der Waals surface area contributed by atoms with Crippen molar-refractivity contribution in [2.24, 2.45) is 5.73 Å². The van der Waals surface area contributed by atoms with E-state index in [2.05, 4.69) is 10.1 Å². The highest BCUT2D eigenvalue weighted by Crippen LogP contribution is 2.29. The molecule has 3 rings (SSSR count). The van der Waals surface area contributed by atoms with Gasteiger partial charge in [-0.15, -0.1) is 0 Å². The monoisotopic (exact) mass is 370 g/mol. The molecule has 134 valence electrons. The van der Waals surface area contributed by atoms with Crippen LogP contribution in [0.2, 0.25) is 5.02 Å². The maximum atomic E-state index is 13.0. The van der Waals surface area contributed by atoms with E-state index in [4.69, 9.17) is 22.1 Å². The van der Waals surface area contributed by atoms with Crippen LogP contribution >= 0.6 is 11.6 Å². The minimum atomic E-state index is -2.78.